The minimum absolute atomic E-state index is 0.0278. The fraction of sp³-hybridized carbons (Fsp3) is 0.367. The van der Waals surface area contributed by atoms with E-state index in [2.05, 4.69) is 79.1 Å². The largest absolute Gasteiger partial charge is 0.378 e. The lowest BCUT2D eigenvalue weighted by molar-refractivity contribution is 0.102. The highest BCUT2D eigenvalue weighted by Crippen LogP contribution is 2.63. The van der Waals surface area contributed by atoms with Crippen LogP contribution >= 0.6 is 0 Å². The first-order chi connectivity index (χ1) is 16.1. The second-order valence-electron chi connectivity index (χ2n) is 10.5. The molecule has 33 heavy (non-hydrogen) atoms. The first-order valence-electron chi connectivity index (χ1n) is 12.4. The SMILES string of the molecule is CC(C)c1ccc(NC(=O)c2ccc3c(c2)[C@@H]2[C@H]4CC[C@@H](C4)[C@H]2[C@@H](c2ccccc2)N3)cc1. The Morgan fingerprint density at radius 2 is 1.70 bits per heavy atom. The van der Waals surface area contributed by atoms with Gasteiger partial charge in [-0.1, -0.05) is 56.3 Å². The zero-order valence-corrected chi connectivity index (χ0v) is 19.4. The minimum atomic E-state index is -0.0278. The summed E-state index contributed by atoms with van der Waals surface area (Å²) in [5.41, 5.74) is 6.82. The van der Waals surface area contributed by atoms with Crippen molar-refractivity contribution in [2.75, 3.05) is 10.6 Å². The molecule has 0 saturated heterocycles. The second kappa shape index (κ2) is 8.06. The van der Waals surface area contributed by atoms with Gasteiger partial charge in [-0.2, -0.15) is 0 Å². The standard InChI is InChI=1S/C30H32N2O/c1-18(2)19-10-13-24(14-11-19)31-30(33)23-12-15-26-25(17-23)27-21-8-9-22(16-21)28(27)29(32-26)20-6-4-3-5-7-20/h3-7,10-15,17-18,21-22,27-29,32H,8-9,16H2,1-2H3,(H,31,33)/t21-,22-,27-,28+,29+/m0/s1. The van der Waals surface area contributed by atoms with Crippen molar-refractivity contribution in [3.05, 3.63) is 95.1 Å². The van der Waals surface area contributed by atoms with E-state index in [1.54, 1.807) is 0 Å². The van der Waals surface area contributed by atoms with E-state index >= 15 is 0 Å². The van der Waals surface area contributed by atoms with Gasteiger partial charge >= 0.3 is 0 Å². The molecular formula is C30H32N2O. The monoisotopic (exact) mass is 436 g/mol. The fourth-order valence-corrected chi connectivity index (χ4v) is 6.77. The minimum Gasteiger partial charge on any atom is -0.378 e. The van der Waals surface area contributed by atoms with Crippen LogP contribution in [0.2, 0.25) is 0 Å². The first-order valence-corrected chi connectivity index (χ1v) is 12.4. The van der Waals surface area contributed by atoms with Gasteiger partial charge < -0.3 is 10.6 Å². The van der Waals surface area contributed by atoms with Gasteiger partial charge in [0.05, 0.1) is 6.04 Å². The maximum absolute atomic E-state index is 13.1. The molecule has 0 aromatic heterocycles. The molecular weight excluding hydrogens is 404 g/mol. The molecule has 0 radical (unpaired) electrons. The number of hydrogen-bond donors (Lipinski definition) is 2. The molecule has 1 amide bonds. The van der Waals surface area contributed by atoms with Crippen molar-refractivity contribution in [3.63, 3.8) is 0 Å². The van der Waals surface area contributed by atoms with Crippen LogP contribution in [-0.2, 0) is 0 Å². The molecule has 2 N–H and O–H groups in total. The number of benzene rings is 3. The Hall–Kier alpha value is -3.07. The summed E-state index contributed by atoms with van der Waals surface area (Å²) in [6.45, 7) is 4.36. The van der Waals surface area contributed by atoms with Crippen LogP contribution in [-0.4, -0.2) is 5.91 Å². The zero-order valence-electron chi connectivity index (χ0n) is 19.4. The molecule has 3 heteroatoms. The van der Waals surface area contributed by atoms with E-state index in [0.717, 1.165) is 23.1 Å². The Morgan fingerprint density at radius 1 is 0.939 bits per heavy atom. The molecule has 0 unspecified atom stereocenters. The molecule has 2 saturated carbocycles. The highest BCUT2D eigenvalue weighted by atomic mass is 16.1. The van der Waals surface area contributed by atoms with E-state index in [1.165, 1.54) is 41.6 Å². The molecule has 0 spiro atoms. The number of amides is 1. The Balaban J connectivity index is 1.30. The van der Waals surface area contributed by atoms with E-state index in [1.807, 2.05) is 18.2 Å². The number of rotatable bonds is 4. The Kier molecular flexibility index (Phi) is 5.01. The molecule has 2 bridgehead atoms. The summed E-state index contributed by atoms with van der Waals surface area (Å²) in [6, 6.07) is 25.7. The van der Waals surface area contributed by atoms with Gasteiger partial charge in [0.1, 0.15) is 0 Å². The number of fused-ring (bicyclic) bond motifs is 7. The van der Waals surface area contributed by atoms with Gasteiger partial charge in [0, 0.05) is 16.9 Å². The molecule has 1 heterocycles. The zero-order chi connectivity index (χ0) is 22.5. The molecule has 6 rings (SSSR count). The smallest absolute Gasteiger partial charge is 0.255 e. The van der Waals surface area contributed by atoms with Crippen LogP contribution in [0.4, 0.5) is 11.4 Å². The van der Waals surface area contributed by atoms with E-state index in [4.69, 9.17) is 0 Å². The quantitative estimate of drug-likeness (QED) is 0.449. The van der Waals surface area contributed by atoms with Gasteiger partial charge in [-0.3, -0.25) is 4.79 Å². The van der Waals surface area contributed by atoms with Crippen LogP contribution in [0.25, 0.3) is 0 Å². The van der Waals surface area contributed by atoms with Gasteiger partial charge in [0.15, 0.2) is 0 Å². The number of anilines is 2. The highest BCUT2D eigenvalue weighted by Gasteiger charge is 2.53. The maximum Gasteiger partial charge on any atom is 0.255 e. The van der Waals surface area contributed by atoms with E-state index in [-0.39, 0.29) is 5.91 Å². The van der Waals surface area contributed by atoms with Crippen molar-refractivity contribution in [1.29, 1.82) is 0 Å². The molecule has 5 atom stereocenters. The maximum atomic E-state index is 13.1. The second-order valence-corrected chi connectivity index (χ2v) is 10.5. The van der Waals surface area contributed by atoms with Crippen LogP contribution in [0.15, 0.2) is 72.8 Å². The molecule has 3 aromatic rings. The van der Waals surface area contributed by atoms with E-state index < -0.39 is 0 Å². The summed E-state index contributed by atoms with van der Waals surface area (Å²) in [5, 5.41) is 6.97. The Labute approximate surface area is 196 Å². The Morgan fingerprint density at radius 3 is 2.45 bits per heavy atom. The molecule has 3 nitrogen and oxygen atoms in total. The average Bonchev–Trinajstić information content (AvgIpc) is 3.47. The summed E-state index contributed by atoms with van der Waals surface area (Å²) in [5.74, 6) is 3.14. The molecule has 3 aliphatic rings. The lowest BCUT2D eigenvalue weighted by Gasteiger charge is -2.43. The number of carbonyl (C=O) groups is 1. The third kappa shape index (κ3) is 3.55. The van der Waals surface area contributed by atoms with Crippen molar-refractivity contribution < 1.29 is 4.79 Å². The third-order valence-electron chi connectivity index (χ3n) is 8.34. The molecule has 2 aliphatic carbocycles. The van der Waals surface area contributed by atoms with Crippen LogP contribution in [0.5, 0.6) is 0 Å². The van der Waals surface area contributed by atoms with Crippen molar-refractivity contribution >= 4 is 17.3 Å². The number of nitrogens with one attached hydrogen (secondary N) is 2. The summed E-state index contributed by atoms with van der Waals surface area (Å²) in [6.07, 6.45) is 4.00. The summed E-state index contributed by atoms with van der Waals surface area (Å²) in [7, 11) is 0. The molecule has 168 valence electrons. The van der Waals surface area contributed by atoms with Crippen LogP contribution in [0.3, 0.4) is 0 Å². The molecule has 1 aliphatic heterocycles. The average molecular weight is 437 g/mol. The predicted molar refractivity (Wildman–Crippen MR) is 135 cm³/mol. The van der Waals surface area contributed by atoms with Gasteiger partial charge in [0.25, 0.3) is 5.91 Å². The van der Waals surface area contributed by atoms with Crippen molar-refractivity contribution in [3.8, 4) is 0 Å². The van der Waals surface area contributed by atoms with Gasteiger partial charge in [-0.05, 0) is 95.9 Å². The van der Waals surface area contributed by atoms with Gasteiger partial charge in [-0.15, -0.1) is 0 Å². The van der Waals surface area contributed by atoms with Crippen molar-refractivity contribution in [2.24, 2.45) is 17.8 Å². The topological polar surface area (TPSA) is 41.1 Å². The first kappa shape index (κ1) is 20.5. The number of hydrogen-bond acceptors (Lipinski definition) is 2. The third-order valence-corrected chi connectivity index (χ3v) is 8.34. The van der Waals surface area contributed by atoms with E-state index in [9.17, 15) is 4.79 Å². The predicted octanol–water partition coefficient (Wildman–Crippen LogP) is 7.36. The Bertz CT molecular complexity index is 1170. The van der Waals surface area contributed by atoms with Crippen molar-refractivity contribution in [1.82, 2.24) is 0 Å². The highest BCUT2D eigenvalue weighted by molar-refractivity contribution is 6.04. The summed E-state index contributed by atoms with van der Waals surface area (Å²) < 4.78 is 0. The fourth-order valence-electron chi connectivity index (χ4n) is 6.77. The summed E-state index contributed by atoms with van der Waals surface area (Å²) >= 11 is 0. The van der Waals surface area contributed by atoms with Crippen LogP contribution < -0.4 is 10.6 Å². The van der Waals surface area contributed by atoms with Gasteiger partial charge in [-0.25, -0.2) is 0 Å². The normalized spacial score (nSPS) is 27.1. The summed E-state index contributed by atoms with van der Waals surface area (Å²) in [4.78, 5) is 13.1. The van der Waals surface area contributed by atoms with Crippen LogP contribution in [0.1, 0.15) is 78.0 Å². The molecule has 2 fully saturated rings. The van der Waals surface area contributed by atoms with E-state index in [0.29, 0.717) is 23.8 Å². The van der Waals surface area contributed by atoms with Crippen LogP contribution in [0, 0.1) is 17.8 Å². The van der Waals surface area contributed by atoms with Gasteiger partial charge in [0.2, 0.25) is 0 Å². The number of carbonyl (C=O) groups excluding carboxylic acids is 1. The molecule has 3 aromatic carbocycles. The lowest BCUT2D eigenvalue weighted by Crippen LogP contribution is -2.35. The lowest BCUT2D eigenvalue weighted by atomic mass is 9.68. The van der Waals surface area contributed by atoms with Crippen molar-refractivity contribution in [2.45, 2.75) is 51.0 Å².